The number of aromatic nitrogens is 2. The van der Waals surface area contributed by atoms with Crippen molar-refractivity contribution < 1.29 is 0 Å². The van der Waals surface area contributed by atoms with E-state index in [2.05, 4.69) is 50.7 Å². The molecule has 0 spiro atoms. The molecule has 0 aliphatic carbocycles. The predicted molar refractivity (Wildman–Crippen MR) is 91.8 cm³/mol. The van der Waals surface area contributed by atoms with Gasteiger partial charge in [-0.25, -0.2) is 4.98 Å². The summed E-state index contributed by atoms with van der Waals surface area (Å²) in [5, 5.41) is 4.36. The summed E-state index contributed by atoms with van der Waals surface area (Å²) in [5.41, 5.74) is 1.12. The van der Waals surface area contributed by atoms with Crippen LogP contribution in [-0.4, -0.2) is 16.1 Å². The van der Waals surface area contributed by atoms with Gasteiger partial charge in [0.2, 0.25) is 0 Å². The molecule has 0 aliphatic rings. The van der Waals surface area contributed by atoms with E-state index in [0.717, 1.165) is 46.8 Å². The van der Waals surface area contributed by atoms with Gasteiger partial charge in [0, 0.05) is 35.9 Å². The SMILES string of the molecule is CCCNC(Cc1nccn1CC)c1cccc(Br)c1Cl. The number of imidazole rings is 1. The molecule has 0 amide bonds. The van der Waals surface area contributed by atoms with E-state index in [1.54, 1.807) is 0 Å². The smallest absolute Gasteiger partial charge is 0.110 e. The summed E-state index contributed by atoms with van der Waals surface area (Å²) in [6.07, 6.45) is 5.80. The zero-order valence-electron chi connectivity index (χ0n) is 12.4. The quantitative estimate of drug-likeness (QED) is 0.772. The molecule has 1 N–H and O–H groups in total. The highest BCUT2D eigenvalue weighted by Crippen LogP contribution is 2.31. The van der Waals surface area contributed by atoms with E-state index < -0.39 is 0 Å². The Morgan fingerprint density at radius 3 is 2.90 bits per heavy atom. The normalized spacial score (nSPS) is 12.6. The molecule has 0 radical (unpaired) electrons. The molecule has 114 valence electrons. The molecule has 21 heavy (non-hydrogen) atoms. The molecule has 1 aromatic heterocycles. The molecule has 0 saturated carbocycles. The fourth-order valence-corrected chi connectivity index (χ4v) is 3.04. The van der Waals surface area contributed by atoms with Gasteiger partial charge in [0.1, 0.15) is 5.82 Å². The molecule has 1 heterocycles. The van der Waals surface area contributed by atoms with Crippen molar-refractivity contribution >= 4 is 27.5 Å². The third-order valence-electron chi connectivity index (χ3n) is 3.53. The summed E-state index contributed by atoms with van der Waals surface area (Å²) in [6, 6.07) is 6.25. The number of nitrogens with zero attached hydrogens (tertiary/aromatic N) is 2. The minimum atomic E-state index is 0.169. The van der Waals surface area contributed by atoms with Crippen LogP contribution < -0.4 is 5.32 Å². The topological polar surface area (TPSA) is 29.9 Å². The van der Waals surface area contributed by atoms with E-state index in [1.165, 1.54) is 0 Å². The Hall–Kier alpha value is -0.840. The Balaban J connectivity index is 2.28. The van der Waals surface area contributed by atoms with Crippen LogP contribution >= 0.6 is 27.5 Å². The third kappa shape index (κ3) is 4.09. The van der Waals surface area contributed by atoms with Crippen molar-refractivity contribution in [2.75, 3.05) is 6.54 Å². The maximum absolute atomic E-state index is 6.47. The molecule has 2 aromatic rings. The van der Waals surface area contributed by atoms with E-state index in [1.807, 2.05) is 24.5 Å². The van der Waals surface area contributed by atoms with Crippen LogP contribution in [0.3, 0.4) is 0 Å². The maximum atomic E-state index is 6.47. The van der Waals surface area contributed by atoms with Crippen LogP contribution in [0.4, 0.5) is 0 Å². The third-order valence-corrected chi connectivity index (χ3v) is 4.84. The first-order valence-electron chi connectivity index (χ1n) is 7.34. The summed E-state index contributed by atoms with van der Waals surface area (Å²) < 4.78 is 3.11. The number of rotatable bonds is 7. The molecule has 1 aromatic carbocycles. The number of nitrogens with one attached hydrogen (secondary N) is 1. The van der Waals surface area contributed by atoms with Crippen molar-refractivity contribution in [1.82, 2.24) is 14.9 Å². The molecule has 2 rings (SSSR count). The lowest BCUT2D eigenvalue weighted by molar-refractivity contribution is 0.506. The molecule has 1 atom stereocenters. The Morgan fingerprint density at radius 1 is 1.38 bits per heavy atom. The molecule has 0 fully saturated rings. The van der Waals surface area contributed by atoms with Crippen LogP contribution in [0.1, 0.15) is 37.7 Å². The first-order valence-corrected chi connectivity index (χ1v) is 8.51. The van der Waals surface area contributed by atoms with E-state index in [4.69, 9.17) is 11.6 Å². The van der Waals surface area contributed by atoms with Crippen LogP contribution in [-0.2, 0) is 13.0 Å². The van der Waals surface area contributed by atoms with Crippen LogP contribution in [0.5, 0.6) is 0 Å². The Morgan fingerprint density at radius 2 is 2.19 bits per heavy atom. The van der Waals surface area contributed by atoms with Gasteiger partial charge in [-0.3, -0.25) is 0 Å². The van der Waals surface area contributed by atoms with Crippen LogP contribution in [0.2, 0.25) is 5.02 Å². The van der Waals surface area contributed by atoms with Gasteiger partial charge in [0.25, 0.3) is 0 Å². The molecule has 0 aliphatic heterocycles. The number of benzene rings is 1. The summed E-state index contributed by atoms with van der Waals surface area (Å²) in [5.74, 6) is 1.09. The van der Waals surface area contributed by atoms with E-state index in [0.29, 0.717) is 0 Å². The summed E-state index contributed by atoms with van der Waals surface area (Å²) in [7, 11) is 0. The summed E-state index contributed by atoms with van der Waals surface area (Å²) >= 11 is 9.97. The second-order valence-electron chi connectivity index (χ2n) is 4.98. The highest BCUT2D eigenvalue weighted by atomic mass is 79.9. The molecule has 5 heteroatoms. The van der Waals surface area contributed by atoms with Gasteiger partial charge in [0.05, 0.1) is 5.02 Å². The van der Waals surface area contributed by atoms with Crippen LogP contribution in [0.25, 0.3) is 0 Å². The Bertz CT molecular complexity index is 583. The summed E-state index contributed by atoms with van der Waals surface area (Å²) in [4.78, 5) is 4.48. The number of halogens is 2. The van der Waals surface area contributed by atoms with Gasteiger partial charge < -0.3 is 9.88 Å². The number of hydrogen-bond acceptors (Lipinski definition) is 2. The average molecular weight is 371 g/mol. The van der Waals surface area contributed by atoms with Gasteiger partial charge in [-0.2, -0.15) is 0 Å². The van der Waals surface area contributed by atoms with Gasteiger partial charge in [-0.1, -0.05) is 30.7 Å². The molecule has 0 saturated heterocycles. The van der Waals surface area contributed by atoms with Crippen LogP contribution in [0.15, 0.2) is 35.1 Å². The Kier molecular flexibility index (Phi) is 6.27. The second-order valence-corrected chi connectivity index (χ2v) is 6.22. The van der Waals surface area contributed by atoms with Crippen molar-refractivity contribution in [3.8, 4) is 0 Å². The largest absolute Gasteiger partial charge is 0.335 e. The first-order chi connectivity index (χ1) is 10.2. The van der Waals surface area contributed by atoms with E-state index in [9.17, 15) is 0 Å². The molecular formula is C16H21BrClN3. The lowest BCUT2D eigenvalue weighted by Crippen LogP contribution is -2.25. The van der Waals surface area contributed by atoms with Gasteiger partial charge in [-0.05, 0) is 47.4 Å². The standard InChI is InChI=1S/C16H21BrClN3/c1-3-8-19-14(11-15-20-9-10-21(15)4-2)12-6-5-7-13(17)16(12)18/h5-7,9-10,14,19H,3-4,8,11H2,1-2H3. The fraction of sp³-hybridized carbons (Fsp3) is 0.438. The van der Waals surface area contributed by atoms with Crippen LogP contribution in [0, 0.1) is 0 Å². The van der Waals surface area contributed by atoms with Gasteiger partial charge >= 0.3 is 0 Å². The van der Waals surface area contributed by atoms with Crippen molar-refractivity contribution in [1.29, 1.82) is 0 Å². The fourth-order valence-electron chi connectivity index (χ4n) is 2.40. The van der Waals surface area contributed by atoms with Crippen molar-refractivity contribution in [2.45, 2.75) is 39.3 Å². The highest BCUT2D eigenvalue weighted by molar-refractivity contribution is 9.10. The van der Waals surface area contributed by atoms with Crippen molar-refractivity contribution in [2.24, 2.45) is 0 Å². The zero-order valence-corrected chi connectivity index (χ0v) is 14.8. The highest BCUT2D eigenvalue weighted by Gasteiger charge is 2.18. The van der Waals surface area contributed by atoms with E-state index >= 15 is 0 Å². The summed E-state index contributed by atoms with van der Waals surface area (Å²) in [6.45, 7) is 6.19. The number of hydrogen-bond donors (Lipinski definition) is 1. The maximum Gasteiger partial charge on any atom is 0.110 e. The minimum absolute atomic E-state index is 0.169. The monoisotopic (exact) mass is 369 g/mol. The Labute approximate surface area is 139 Å². The lowest BCUT2D eigenvalue weighted by atomic mass is 10.0. The average Bonchev–Trinajstić information content (AvgIpc) is 2.93. The zero-order chi connectivity index (χ0) is 15.2. The number of aryl methyl sites for hydroxylation is 1. The molecule has 3 nitrogen and oxygen atoms in total. The molecular weight excluding hydrogens is 350 g/mol. The van der Waals surface area contributed by atoms with Gasteiger partial charge in [-0.15, -0.1) is 0 Å². The lowest BCUT2D eigenvalue weighted by Gasteiger charge is -2.21. The second kappa shape index (κ2) is 7.97. The predicted octanol–water partition coefficient (Wildman–Crippen LogP) is 4.60. The minimum Gasteiger partial charge on any atom is -0.335 e. The van der Waals surface area contributed by atoms with Crippen molar-refractivity contribution in [3.05, 3.63) is 51.5 Å². The van der Waals surface area contributed by atoms with E-state index in [-0.39, 0.29) is 6.04 Å². The van der Waals surface area contributed by atoms with Gasteiger partial charge in [0.15, 0.2) is 0 Å². The van der Waals surface area contributed by atoms with Crippen molar-refractivity contribution in [3.63, 3.8) is 0 Å². The first kappa shape index (κ1) is 16.5. The molecule has 0 bridgehead atoms. The molecule has 1 unspecified atom stereocenters.